The average molecular weight is 329 g/mol. The highest BCUT2D eigenvalue weighted by Crippen LogP contribution is 2.14. The van der Waals surface area contributed by atoms with Gasteiger partial charge in [0.1, 0.15) is 5.75 Å². The van der Waals surface area contributed by atoms with E-state index in [-0.39, 0.29) is 35.6 Å². The second-order valence-electron chi connectivity index (χ2n) is 5.99. The molecule has 1 saturated heterocycles. The third-order valence-corrected chi connectivity index (χ3v) is 5.19. The zero-order valence-electron chi connectivity index (χ0n) is 13.1. The van der Waals surface area contributed by atoms with Crippen molar-refractivity contribution in [1.82, 2.24) is 15.0 Å². The van der Waals surface area contributed by atoms with Crippen LogP contribution in [0, 0.1) is 0 Å². The molecule has 0 N–H and O–H groups in total. The fraction of sp³-hybridized carbons (Fsp3) is 0.786. The molecular weight excluding hydrogens is 306 g/mol. The average Bonchev–Trinajstić information content (AvgIpc) is 2.94. The largest absolute Gasteiger partial charge is 0.343 e. The van der Waals surface area contributed by atoms with Gasteiger partial charge >= 0.3 is 0 Å². The van der Waals surface area contributed by atoms with Gasteiger partial charge in [-0.2, -0.15) is 4.98 Å². The van der Waals surface area contributed by atoms with Crippen molar-refractivity contribution in [2.75, 3.05) is 18.8 Å². The Bertz CT molecular complexity index is 603. The number of carbonyl (C=O) groups is 1. The first-order chi connectivity index (χ1) is 10.4. The first-order valence-corrected chi connectivity index (χ1v) is 9.50. The molecule has 7 nitrogen and oxygen atoms in total. The number of aromatic nitrogens is 2. The van der Waals surface area contributed by atoms with Gasteiger partial charge in [-0.3, -0.25) is 4.79 Å². The molecule has 0 aromatic carbocycles. The van der Waals surface area contributed by atoms with Crippen LogP contribution in [0.1, 0.15) is 57.2 Å². The van der Waals surface area contributed by atoms with Gasteiger partial charge in [-0.15, -0.1) is 0 Å². The first kappa shape index (κ1) is 16.9. The van der Waals surface area contributed by atoms with Gasteiger partial charge < -0.3 is 9.42 Å². The minimum atomic E-state index is -3.41. The highest BCUT2D eigenvalue weighted by atomic mass is 32.2. The van der Waals surface area contributed by atoms with Crippen molar-refractivity contribution in [2.45, 2.75) is 51.2 Å². The topological polar surface area (TPSA) is 93.4 Å². The third-order valence-electron chi connectivity index (χ3n) is 3.66. The molecule has 1 aliphatic heterocycles. The van der Waals surface area contributed by atoms with Crippen molar-refractivity contribution >= 4 is 15.7 Å². The van der Waals surface area contributed by atoms with Crippen LogP contribution in [-0.2, 0) is 20.4 Å². The first-order valence-electron chi connectivity index (χ1n) is 7.68. The van der Waals surface area contributed by atoms with Crippen LogP contribution in [0.5, 0.6) is 0 Å². The summed E-state index contributed by atoms with van der Waals surface area (Å²) in [6.45, 7) is 5.26. The lowest BCUT2D eigenvalue weighted by Crippen LogP contribution is -2.36. The number of carbonyl (C=O) groups excluding carboxylic acids is 1. The van der Waals surface area contributed by atoms with Crippen molar-refractivity contribution in [1.29, 1.82) is 0 Å². The van der Waals surface area contributed by atoms with Crippen molar-refractivity contribution in [2.24, 2.45) is 0 Å². The number of hydrogen-bond donors (Lipinski definition) is 0. The van der Waals surface area contributed by atoms with E-state index >= 15 is 0 Å². The monoisotopic (exact) mass is 329 g/mol. The van der Waals surface area contributed by atoms with Crippen LogP contribution in [0.25, 0.3) is 0 Å². The molecule has 0 unspecified atom stereocenters. The molecule has 1 aliphatic rings. The number of rotatable bonds is 6. The molecule has 2 rings (SSSR count). The summed E-state index contributed by atoms with van der Waals surface area (Å²) in [5.41, 5.74) is 0. The fourth-order valence-corrected chi connectivity index (χ4v) is 3.51. The molecule has 1 amide bonds. The van der Waals surface area contributed by atoms with E-state index in [4.69, 9.17) is 4.52 Å². The minimum Gasteiger partial charge on any atom is -0.343 e. The van der Waals surface area contributed by atoms with E-state index in [0.29, 0.717) is 5.89 Å². The Balaban J connectivity index is 1.86. The maximum atomic E-state index is 12.1. The Morgan fingerprint density at radius 3 is 2.55 bits per heavy atom. The summed E-state index contributed by atoms with van der Waals surface area (Å²) < 4.78 is 29.1. The van der Waals surface area contributed by atoms with Gasteiger partial charge in [0, 0.05) is 25.4 Å². The zero-order valence-corrected chi connectivity index (χ0v) is 13.9. The fourth-order valence-electron chi connectivity index (χ4n) is 2.37. The van der Waals surface area contributed by atoms with Crippen LogP contribution in [0.3, 0.4) is 0 Å². The van der Waals surface area contributed by atoms with Crippen LogP contribution < -0.4 is 0 Å². The van der Waals surface area contributed by atoms with Gasteiger partial charge in [0.05, 0.1) is 5.75 Å². The van der Waals surface area contributed by atoms with Crippen molar-refractivity contribution in [3.63, 3.8) is 0 Å². The van der Waals surface area contributed by atoms with Gasteiger partial charge in [-0.25, -0.2) is 8.42 Å². The van der Waals surface area contributed by atoms with E-state index in [1.54, 1.807) is 4.90 Å². The minimum absolute atomic E-state index is 0.0250. The molecule has 0 saturated carbocycles. The Morgan fingerprint density at radius 2 is 1.95 bits per heavy atom. The lowest BCUT2D eigenvalue weighted by molar-refractivity contribution is -0.131. The molecule has 8 heteroatoms. The molecule has 1 aromatic rings. The number of likely N-dealkylation sites (tertiary alicyclic amines) is 1. The molecule has 0 atom stereocenters. The predicted molar refractivity (Wildman–Crippen MR) is 80.9 cm³/mol. The van der Waals surface area contributed by atoms with Crippen molar-refractivity contribution in [3.8, 4) is 0 Å². The Kier molecular flexibility index (Phi) is 5.55. The Morgan fingerprint density at radius 1 is 1.27 bits per heavy atom. The van der Waals surface area contributed by atoms with E-state index < -0.39 is 9.84 Å². The lowest BCUT2D eigenvalue weighted by atomic mass is 10.1. The lowest BCUT2D eigenvalue weighted by Gasteiger charge is -2.26. The number of hydrogen-bond acceptors (Lipinski definition) is 6. The van der Waals surface area contributed by atoms with Gasteiger partial charge in [0.2, 0.25) is 11.8 Å². The maximum absolute atomic E-state index is 12.1. The molecular formula is C14H23N3O4S. The number of nitrogens with zero attached hydrogens (tertiary/aromatic N) is 3. The van der Waals surface area contributed by atoms with Gasteiger partial charge in [0.25, 0.3) is 0 Å². The smallest absolute Gasteiger partial charge is 0.229 e. The zero-order chi connectivity index (χ0) is 16.2. The quantitative estimate of drug-likeness (QED) is 0.785. The molecule has 0 radical (unpaired) electrons. The molecule has 22 heavy (non-hydrogen) atoms. The van der Waals surface area contributed by atoms with E-state index in [2.05, 4.69) is 10.1 Å². The SMILES string of the molecule is CC(C)c1nc(CS(=O)(=O)CCC(=O)N2CCCCC2)no1. The number of amides is 1. The third kappa shape index (κ3) is 4.79. The van der Waals surface area contributed by atoms with Gasteiger partial charge in [0.15, 0.2) is 15.7 Å². The number of sulfone groups is 1. The molecule has 1 aromatic heterocycles. The van der Waals surface area contributed by atoms with Crippen molar-refractivity contribution < 1.29 is 17.7 Å². The molecule has 1 fully saturated rings. The molecule has 0 aliphatic carbocycles. The van der Waals surface area contributed by atoms with E-state index in [9.17, 15) is 13.2 Å². The van der Waals surface area contributed by atoms with Crippen LogP contribution in [0.2, 0.25) is 0 Å². The molecule has 124 valence electrons. The Labute approximate surface area is 131 Å². The summed E-state index contributed by atoms with van der Waals surface area (Å²) in [7, 11) is -3.41. The molecule has 0 bridgehead atoms. The number of piperidine rings is 1. The summed E-state index contributed by atoms with van der Waals surface area (Å²) in [5.74, 6) is 0.109. The summed E-state index contributed by atoms with van der Waals surface area (Å²) in [6.07, 6.45) is 3.16. The second-order valence-corrected chi connectivity index (χ2v) is 8.17. The summed E-state index contributed by atoms with van der Waals surface area (Å²) in [5, 5.41) is 3.68. The van der Waals surface area contributed by atoms with Crippen LogP contribution in [0.15, 0.2) is 4.52 Å². The van der Waals surface area contributed by atoms with E-state index in [0.717, 1.165) is 32.4 Å². The van der Waals surface area contributed by atoms with E-state index in [1.807, 2.05) is 13.8 Å². The van der Waals surface area contributed by atoms with Crippen molar-refractivity contribution in [3.05, 3.63) is 11.7 Å². The van der Waals surface area contributed by atoms with Crippen LogP contribution >= 0.6 is 0 Å². The van der Waals surface area contributed by atoms with Crippen LogP contribution in [0.4, 0.5) is 0 Å². The maximum Gasteiger partial charge on any atom is 0.229 e. The van der Waals surface area contributed by atoms with Gasteiger partial charge in [-0.1, -0.05) is 19.0 Å². The van der Waals surface area contributed by atoms with E-state index in [1.165, 1.54) is 0 Å². The van der Waals surface area contributed by atoms with Gasteiger partial charge in [-0.05, 0) is 19.3 Å². The highest BCUT2D eigenvalue weighted by molar-refractivity contribution is 7.90. The predicted octanol–water partition coefficient (Wildman–Crippen LogP) is 1.51. The summed E-state index contributed by atoms with van der Waals surface area (Å²) in [6, 6.07) is 0. The summed E-state index contributed by atoms with van der Waals surface area (Å²) >= 11 is 0. The Hall–Kier alpha value is -1.44. The van der Waals surface area contributed by atoms with Crippen LogP contribution in [-0.4, -0.2) is 48.2 Å². The summed E-state index contributed by atoms with van der Waals surface area (Å²) in [4.78, 5) is 17.8. The normalized spacial score (nSPS) is 16.2. The standard InChI is InChI=1S/C14H23N3O4S/c1-11(2)14-15-12(16-21-14)10-22(19,20)9-6-13(18)17-7-4-3-5-8-17/h11H,3-10H2,1-2H3. The second kappa shape index (κ2) is 7.21. The molecule has 2 heterocycles. The molecule has 0 spiro atoms. The highest BCUT2D eigenvalue weighted by Gasteiger charge is 2.22.